The zero-order valence-electron chi connectivity index (χ0n) is 13.9. The van der Waals surface area contributed by atoms with Gasteiger partial charge in [0.1, 0.15) is 10.8 Å². The van der Waals surface area contributed by atoms with Crippen molar-refractivity contribution >= 4 is 22.2 Å². The molecule has 4 aromatic rings. The Morgan fingerprint density at radius 3 is 2.40 bits per heavy atom. The SMILES string of the molecule is CC(C)c1nnc(-n2c(-c3ccccc3)nc3ccccc3c2=O)s1. The summed E-state index contributed by atoms with van der Waals surface area (Å²) in [5.41, 5.74) is 1.42. The molecule has 2 aromatic heterocycles. The third-order valence-corrected chi connectivity index (χ3v) is 5.13. The molecule has 0 amide bonds. The van der Waals surface area contributed by atoms with Crippen LogP contribution in [-0.2, 0) is 0 Å². The van der Waals surface area contributed by atoms with Gasteiger partial charge in [0.25, 0.3) is 5.56 Å². The maximum atomic E-state index is 13.2. The summed E-state index contributed by atoms with van der Waals surface area (Å²) >= 11 is 1.43. The van der Waals surface area contributed by atoms with Gasteiger partial charge in [-0.25, -0.2) is 9.55 Å². The van der Waals surface area contributed by atoms with Crippen LogP contribution < -0.4 is 5.56 Å². The molecule has 0 aliphatic rings. The largest absolute Gasteiger partial charge is 0.268 e. The summed E-state index contributed by atoms with van der Waals surface area (Å²) in [5.74, 6) is 0.839. The van der Waals surface area contributed by atoms with E-state index in [2.05, 4.69) is 24.0 Å². The minimum atomic E-state index is -0.129. The standard InChI is InChI=1S/C19H16N4OS/c1-12(2)17-21-22-19(25-17)23-16(13-8-4-3-5-9-13)20-15-11-7-6-10-14(15)18(23)24/h3-12H,1-2H3. The van der Waals surface area contributed by atoms with Gasteiger partial charge in [0.05, 0.1) is 10.9 Å². The highest BCUT2D eigenvalue weighted by atomic mass is 32.1. The van der Waals surface area contributed by atoms with Crippen LogP contribution in [0.2, 0.25) is 0 Å². The van der Waals surface area contributed by atoms with E-state index in [0.29, 0.717) is 21.9 Å². The van der Waals surface area contributed by atoms with Gasteiger partial charge < -0.3 is 0 Å². The van der Waals surface area contributed by atoms with Crippen LogP contribution in [0.3, 0.4) is 0 Å². The second-order valence-corrected chi connectivity index (χ2v) is 7.02. The van der Waals surface area contributed by atoms with Crippen molar-refractivity contribution in [2.24, 2.45) is 0 Å². The number of hydrogen-bond donors (Lipinski definition) is 0. The van der Waals surface area contributed by atoms with Crippen molar-refractivity contribution in [2.75, 3.05) is 0 Å². The minimum absolute atomic E-state index is 0.129. The number of benzene rings is 2. The molecule has 0 saturated heterocycles. The van der Waals surface area contributed by atoms with Crippen molar-refractivity contribution in [1.29, 1.82) is 0 Å². The Morgan fingerprint density at radius 2 is 1.68 bits per heavy atom. The van der Waals surface area contributed by atoms with Crippen LogP contribution in [-0.4, -0.2) is 19.7 Å². The van der Waals surface area contributed by atoms with E-state index in [1.807, 2.05) is 48.5 Å². The molecule has 6 heteroatoms. The van der Waals surface area contributed by atoms with Crippen molar-refractivity contribution in [2.45, 2.75) is 19.8 Å². The number of nitrogens with zero attached hydrogens (tertiary/aromatic N) is 4. The highest BCUT2D eigenvalue weighted by molar-refractivity contribution is 7.13. The van der Waals surface area contributed by atoms with E-state index in [9.17, 15) is 4.79 Å². The van der Waals surface area contributed by atoms with E-state index in [4.69, 9.17) is 4.98 Å². The van der Waals surface area contributed by atoms with Crippen LogP contribution in [0.25, 0.3) is 27.4 Å². The lowest BCUT2D eigenvalue weighted by molar-refractivity contribution is 0.816. The van der Waals surface area contributed by atoms with Gasteiger partial charge in [-0.3, -0.25) is 4.79 Å². The molecule has 0 atom stereocenters. The first-order chi connectivity index (χ1) is 12.1. The number of fused-ring (bicyclic) bond motifs is 1. The highest BCUT2D eigenvalue weighted by Crippen LogP contribution is 2.26. The first kappa shape index (κ1) is 15.7. The van der Waals surface area contributed by atoms with Gasteiger partial charge in [0.15, 0.2) is 0 Å². The number of hydrogen-bond acceptors (Lipinski definition) is 5. The van der Waals surface area contributed by atoms with Gasteiger partial charge in [0, 0.05) is 11.5 Å². The zero-order valence-corrected chi connectivity index (χ0v) is 14.7. The maximum Gasteiger partial charge on any atom is 0.268 e. The molecule has 0 radical (unpaired) electrons. The predicted octanol–water partition coefficient (Wildman–Crippen LogP) is 4.03. The molecule has 124 valence electrons. The lowest BCUT2D eigenvalue weighted by Gasteiger charge is -2.10. The first-order valence-electron chi connectivity index (χ1n) is 8.06. The van der Waals surface area contributed by atoms with Crippen LogP contribution in [0.1, 0.15) is 24.8 Å². The summed E-state index contributed by atoms with van der Waals surface area (Å²) < 4.78 is 1.57. The molecule has 0 bridgehead atoms. The lowest BCUT2D eigenvalue weighted by Crippen LogP contribution is -2.21. The summed E-state index contributed by atoms with van der Waals surface area (Å²) in [7, 11) is 0. The van der Waals surface area contributed by atoms with Crippen molar-refractivity contribution in [3.05, 3.63) is 70.0 Å². The molecule has 5 nitrogen and oxygen atoms in total. The predicted molar refractivity (Wildman–Crippen MR) is 100 cm³/mol. The van der Waals surface area contributed by atoms with E-state index in [-0.39, 0.29) is 11.5 Å². The average molecular weight is 348 g/mol. The molecule has 0 spiro atoms. The molecule has 0 aliphatic carbocycles. The molecule has 25 heavy (non-hydrogen) atoms. The van der Waals surface area contributed by atoms with E-state index >= 15 is 0 Å². The smallest absolute Gasteiger partial charge is 0.268 e. The van der Waals surface area contributed by atoms with E-state index < -0.39 is 0 Å². The first-order valence-corrected chi connectivity index (χ1v) is 8.88. The van der Waals surface area contributed by atoms with Crippen LogP contribution in [0.5, 0.6) is 0 Å². The Kier molecular flexibility index (Phi) is 3.89. The van der Waals surface area contributed by atoms with Crippen LogP contribution in [0.4, 0.5) is 0 Å². The fraction of sp³-hybridized carbons (Fsp3) is 0.158. The average Bonchev–Trinajstić information content (AvgIpc) is 3.12. The second-order valence-electron chi connectivity index (χ2n) is 6.04. The Bertz CT molecular complexity index is 1100. The third kappa shape index (κ3) is 2.74. The monoisotopic (exact) mass is 348 g/mol. The van der Waals surface area contributed by atoms with Crippen molar-refractivity contribution in [3.63, 3.8) is 0 Å². The Labute approximate surface area is 148 Å². The zero-order chi connectivity index (χ0) is 17.4. The van der Waals surface area contributed by atoms with Gasteiger partial charge in [0.2, 0.25) is 5.13 Å². The molecular weight excluding hydrogens is 332 g/mol. The molecule has 2 aromatic carbocycles. The maximum absolute atomic E-state index is 13.2. The van der Waals surface area contributed by atoms with E-state index in [1.165, 1.54) is 11.3 Å². The number of para-hydroxylation sites is 1. The highest BCUT2D eigenvalue weighted by Gasteiger charge is 2.18. The van der Waals surface area contributed by atoms with Crippen molar-refractivity contribution < 1.29 is 0 Å². The molecule has 0 unspecified atom stereocenters. The minimum Gasteiger partial charge on any atom is -0.268 e. The molecule has 0 saturated carbocycles. The summed E-state index contributed by atoms with van der Waals surface area (Å²) in [5, 5.41) is 10.5. The summed E-state index contributed by atoms with van der Waals surface area (Å²) in [6, 6.07) is 17.1. The van der Waals surface area contributed by atoms with Crippen molar-refractivity contribution in [1.82, 2.24) is 19.7 Å². The normalized spacial score (nSPS) is 11.3. The molecule has 0 N–H and O–H groups in total. The second kappa shape index (κ2) is 6.22. The summed E-state index contributed by atoms with van der Waals surface area (Å²) in [6.07, 6.45) is 0. The van der Waals surface area contributed by atoms with Crippen LogP contribution >= 0.6 is 11.3 Å². The number of rotatable bonds is 3. The molecule has 0 aliphatic heterocycles. The fourth-order valence-corrected chi connectivity index (χ4v) is 3.49. The van der Waals surface area contributed by atoms with Gasteiger partial charge in [-0.2, -0.15) is 0 Å². The van der Waals surface area contributed by atoms with Gasteiger partial charge in [-0.05, 0) is 12.1 Å². The number of aromatic nitrogens is 4. The lowest BCUT2D eigenvalue weighted by atomic mass is 10.2. The van der Waals surface area contributed by atoms with E-state index in [1.54, 1.807) is 10.6 Å². The van der Waals surface area contributed by atoms with Gasteiger partial charge in [-0.15, -0.1) is 10.2 Å². The van der Waals surface area contributed by atoms with Crippen molar-refractivity contribution in [3.8, 4) is 16.5 Å². The molecular formula is C19H16N4OS. The topological polar surface area (TPSA) is 60.7 Å². The van der Waals surface area contributed by atoms with Crippen LogP contribution in [0.15, 0.2) is 59.4 Å². The Hall–Kier alpha value is -2.86. The quantitative estimate of drug-likeness (QED) is 0.561. The van der Waals surface area contributed by atoms with E-state index in [0.717, 1.165) is 10.6 Å². The summed E-state index contributed by atoms with van der Waals surface area (Å²) in [4.78, 5) is 17.9. The fourth-order valence-electron chi connectivity index (χ4n) is 2.64. The van der Waals surface area contributed by atoms with Gasteiger partial charge in [-0.1, -0.05) is 67.6 Å². The molecule has 2 heterocycles. The molecule has 0 fully saturated rings. The Balaban J connectivity index is 2.06. The van der Waals surface area contributed by atoms with Gasteiger partial charge >= 0.3 is 0 Å². The summed E-state index contributed by atoms with van der Waals surface area (Å²) in [6.45, 7) is 4.12. The Morgan fingerprint density at radius 1 is 0.960 bits per heavy atom. The van der Waals surface area contributed by atoms with Crippen LogP contribution in [0, 0.1) is 0 Å². The third-order valence-electron chi connectivity index (χ3n) is 3.92. The molecule has 4 rings (SSSR count).